The molecule has 7 heteroatoms. The van der Waals surface area contributed by atoms with Gasteiger partial charge in [-0.25, -0.2) is 4.39 Å². The van der Waals surface area contributed by atoms with E-state index in [4.69, 9.17) is 0 Å². The highest BCUT2D eigenvalue weighted by Gasteiger charge is 2.25. The lowest BCUT2D eigenvalue weighted by molar-refractivity contribution is 0.0814. The van der Waals surface area contributed by atoms with Crippen molar-refractivity contribution in [1.29, 1.82) is 0 Å². The Morgan fingerprint density at radius 3 is 2.03 bits per heavy atom. The van der Waals surface area contributed by atoms with Crippen molar-refractivity contribution in [3.05, 3.63) is 101 Å². The van der Waals surface area contributed by atoms with Crippen LogP contribution in [0.3, 0.4) is 0 Å². The Hall–Kier alpha value is -2.87. The zero-order valence-electron chi connectivity index (χ0n) is 17.2. The van der Waals surface area contributed by atoms with Gasteiger partial charge in [-0.05, 0) is 35.7 Å². The third-order valence-electron chi connectivity index (χ3n) is 5.10. The van der Waals surface area contributed by atoms with Crippen molar-refractivity contribution in [3.8, 4) is 0 Å². The predicted molar refractivity (Wildman–Crippen MR) is 120 cm³/mol. The van der Waals surface area contributed by atoms with Crippen LogP contribution in [0.5, 0.6) is 0 Å². The fourth-order valence-corrected chi connectivity index (χ4v) is 3.76. The average molecular weight is 440 g/mol. The molecule has 2 atom stereocenters. The number of halogens is 1. The number of nitrogens with one attached hydrogen (secondary N) is 1. The topological polar surface area (TPSA) is 72.5 Å². The van der Waals surface area contributed by atoms with Crippen LogP contribution in [0.1, 0.15) is 34.0 Å². The first-order valence-corrected chi connectivity index (χ1v) is 11.0. The second-order valence-electron chi connectivity index (χ2n) is 7.26. The van der Waals surface area contributed by atoms with Gasteiger partial charge in [0.2, 0.25) is 0 Å². The molecule has 0 radical (unpaired) electrons. The SMILES string of the molecule is CC(C(=O)c1cc(NS(=O)[O-])ccc1CF)N(Cc1ccccc1)Cc1ccccc1. The molecule has 0 bridgehead atoms. The lowest BCUT2D eigenvalue weighted by Gasteiger charge is -2.29. The highest BCUT2D eigenvalue weighted by molar-refractivity contribution is 7.80. The van der Waals surface area contributed by atoms with Gasteiger partial charge < -0.3 is 9.27 Å². The fraction of sp³-hybridized carbons (Fsp3) is 0.208. The van der Waals surface area contributed by atoms with Crippen LogP contribution in [-0.2, 0) is 31.0 Å². The molecule has 3 rings (SSSR count). The minimum absolute atomic E-state index is 0.177. The molecule has 0 saturated carbocycles. The summed E-state index contributed by atoms with van der Waals surface area (Å²) in [4.78, 5) is 15.4. The van der Waals surface area contributed by atoms with Gasteiger partial charge in [-0.3, -0.25) is 13.9 Å². The molecule has 31 heavy (non-hydrogen) atoms. The van der Waals surface area contributed by atoms with Crippen molar-refractivity contribution in [2.45, 2.75) is 32.7 Å². The largest absolute Gasteiger partial charge is 0.755 e. The third-order valence-corrected chi connectivity index (χ3v) is 5.51. The molecule has 3 aromatic carbocycles. The molecule has 0 aliphatic rings. The number of ketones is 1. The summed E-state index contributed by atoms with van der Waals surface area (Å²) in [5.41, 5.74) is 2.75. The smallest absolute Gasteiger partial charge is 0.180 e. The normalized spacial score (nSPS) is 13.0. The standard InChI is InChI=1S/C24H25FN2O3S/c1-18(24(28)23-14-22(26-31(29)30)13-12-21(23)15-25)27(16-19-8-4-2-5-9-19)17-20-10-6-3-7-11-20/h2-14,18,26H,15-17H2,1H3,(H,29,30)/p-1. The minimum Gasteiger partial charge on any atom is -0.755 e. The molecule has 162 valence electrons. The minimum atomic E-state index is -2.53. The summed E-state index contributed by atoms with van der Waals surface area (Å²) in [6.07, 6.45) is 0. The Kier molecular flexibility index (Phi) is 8.06. The molecule has 0 spiro atoms. The molecule has 5 nitrogen and oxygen atoms in total. The first kappa shape index (κ1) is 22.8. The number of carbonyl (C=O) groups is 1. The number of carbonyl (C=O) groups excluding carboxylic acids is 1. The van der Waals surface area contributed by atoms with Crippen LogP contribution < -0.4 is 4.72 Å². The number of hydrogen-bond donors (Lipinski definition) is 1. The van der Waals surface area contributed by atoms with E-state index in [2.05, 4.69) is 4.72 Å². The zero-order chi connectivity index (χ0) is 22.2. The number of alkyl halides is 1. The van der Waals surface area contributed by atoms with Crippen molar-refractivity contribution in [3.63, 3.8) is 0 Å². The van der Waals surface area contributed by atoms with E-state index in [1.165, 1.54) is 18.2 Å². The zero-order valence-corrected chi connectivity index (χ0v) is 18.0. The monoisotopic (exact) mass is 439 g/mol. The van der Waals surface area contributed by atoms with Gasteiger partial charge >= 0.3 is 0 Å². The van der Waals surface area contributed by atoms with Crippen molar-refractivity contribution in [2.24, 2.45) is 0 Å². The van der Waals surface area contributed by atoms with E-state index >= 15 is 0 Å². The molecule has 0 fully saturated rings. The second-order valence-corrected chi connectivity index (χ2v) is 7.93. The van der Waals surface area contributed by atoms with E-state index in [-0.39, 0.29) is 22.6 Å². The molecular formula is C24H24FN2O3S-. The van der Waals surface area contributed by atoms with Crippen molar-refractivity contribution in [1.82, 2.24) is 4.90 Å². The Morgan fingerprint density at radius 2 is 1.55 bits per heavy atom. The number of Topliss-reactive ketones (excluding diaryl/α,β-unsaturated/α-hetero) is 1. The van der Waals surface area contributed by atoms with Crippen LogP contribution in [0.25, 0.3) is 0 Å². The summed E-state index contributed by atoms with van der Waals surface area (Å²) in [5, 5.41) is 0. The van der Waals surface area contributed by atoms with Gasteiger partial charge in [0, 0.05) is 35.6 Å². The number of rotatable bonds is 10. The molecule has 0 aliphatic carbocycles. The van der Waals surface area contributed by atoms with Crippen LogP contribution >= 0.6 is 0 Å². The van der Waals surface area contributed by atoms with Crippen molar-refractivity contribution < 1.29 is 17.9 Å². The molecule has 0 amide bonds. The molecule has 0 saturated heterocycles. The van der Waals surface area contributed by atoms with Gasteiger partial charge in [0.1, 0.15) is 6.67 Å². The third kappa shape index (κ3) is 6.30. The van der Waals surface area contributed by atoms with Crippen molar-refractivity contribution >= 4 is 22.7 Å². The Morgan fingerprint density at radius 1 is 1.00 bits per heavy atom. The number of anilines is 1. The van der Waals surface area contributed by atoms with E-state index in [0.29, 0.717) is 13.1 Å². The van der Waals surface area contributed by atoms with Gasteiger partial charge in [-0.15, -0.1) is 0 Å². The summed E-state index contributed by atoms with van der Waals surface area (Å²) in [7, 11) is 0. The quantitative estimate of drug-likeness (QED) is 0.369. The van der Waals surface area contributed by atoms with Gasteiger partial charge in [-0.2, -0.15) is 0 Å². The maximum atomic E-state index is 13.6. The molecule has 0 aromatic heterocycles. The maximum absolute atomic E-state index is 13.6. The summed E-state index contributed by atoms with van der Waals surface area (Å²) in [6.45, 7) is 2.06. The molecule has 2 unspecified atom stereocenters. The fourth-order valence-electron chi connectivity index (χ4n) is 3.44. The van der Waals surface area contributed by atoms with E-state index in [1.807, 2.05) is 65.6 Å². The summed E-state index contributed by atoms with van der Waals surface area (Å²) >= 11 is -2.53. The summed E-state index contributed by atoms with van der Waals surface area (Å²) < 4.78 is 37.8. The molecule has 0 heterocycles. The first-order chi connectivity index (χ1) is 15.0. The van der Waals surface area contributed by atoms with Crippen LogP contribution in [0.15, 0.2) is 78.9 Å². The molecule has 0 aliphatic heterocycles. The molecule has 1 N–H and O–H groups in total. The second kappa shape index (κ2) is 10.9. The highest BCUT2D eigenvalue weighted by atomic mass is 32.2. The van der Waals surface area contributed by atoms with Gasteiger partial charge in [0.05, 0.1) is 6.04 Å². The maximum Gasteiger partial charge on any atom is 0.180 e. The van der Waals surface area contributed by atoms with Crippen LogP contribution in [0.4, 0.5) is 10.1 Å². The first-order valence-electron chi connectivity index (χ1n) is 9.89. The highest BCUT2D eigenvalue weighted by Crippen LogP contribution is 2.22. The van der Waals surface area contributed by atoms with E-state index in [1.54, 1.807) is 6.92 Å². The van der Waals surface area contributed by atoms with Crippen molar-refractivity contribution in [2.75, 3.05) is 4.72 Å². The summed E-state index contributed by atoms with van der Waals surface area (Å²) in [5.74, 6) is -0.264. The molecule has 3 aromatic rings. The molecular weight excluding hydrogens is 415 g/mol. The van der Waals surface area contributed by atoms with Gasteiger partial charge in [0.15, 0.2) is 5.78 Å². The van der Waals surface area contributed by atoms with Gasteiger partial charge in [-0.1, -0.05) is 66.7 Å². The number of benzene rings is 3. The predicted octanol–water partition coefficient (Wildman–Crippen LogP) is 4.64. The lowest BCUT2D eigenvalue weighted by Crippen LogP contribution is -2.38. The van der Waals surface area contributed by atoms with Crippen LogP contribution in [-0.4, -0.2) is 25.5 Å². The summed E-state index contributed by atoms with van der Waals surface area (Å²) in [6, 6.07) is 23.4. The average Bonchev–Trinajstić information content (AvgIpc) is 2.78. The number of nitrogens with zero attached hydrogens (tertiary/aromatic N) is 1. The lowest BCUT2D eigenvalue weighted by atomic mass is 9.97. The Balaban J connectivity index is 1.91. The van der Waals surface area contributed by atoms with E-state index in [0.717, 1.165) is 11.1 Å². The van der Waals surface area contributed by atoms with Gasteiger partial charge in [0.25, 0.3) is 0 Å². The van der Waals surface area contributed by atoms with Crippen LogP contribution in [0, 0.1) is 0 Å². The van der Waals surface area contributed by atoms with E-state index in [9.17, 15) is 17.9 Å². The Bertz CT molecular complexity index is 990. The van der Waals surface area contributed by atoms with Crippen LogP contribution in [0.2, 0.25) is 0 Å². The Labute approximate surface area is 184 Å². The van der Waals surface area contributed by atoms with E-state index < -0.39 is 24.0 Å². The number of hydrogen-bond acceptors (Lipinski definition) is 4.